The van der Waals surface area contributed by atoms with Crippen LogP contribution >= 0.6 is 0 Å². The van der Waals surface area contributed by atoms with Crippen molar-refractivity contribution in [2.45, 2.75) is 52.5 Å². The van der Waals surface area contributed by atoms with Gasteiger partial charge in [-0.05, 0) is 32.9 Å². The number of carbonyl (C=O) groups excluding carboxylic acids is 1. The fourth-order valence-corrected chi connectivity index (χ4v) is 3.11. The number of fused-ring (bicyclic) bond motifs is 1. The number of aromatic nitrogens is 5. The van der Waals surface area contributed by atoms with E-state index in [0.29, 0.717) is 5.82 Å². The molecule has 0 aliphatic heterocycles. The van der Waals surface area contributed by atoms with Gasteiger partial charge in [-0.2, -0.15) is 5.10 Å². The van der Waals surface area contributed by atoms with E-state index in [2.05, 4.69) is 36.2 Å². The van der Waals surface area contributed by atoms with Crippen molar-refractivity contribution in [3.8, 4) is 0 Å². The average molecular weight is 412 g/mol. The van der Waals surface area contributed by atoms with E-state index in [1.807, 2.05) is 26.8 Å². The first kappa shape index (κ1) is 21.5. The molecule has 1 amide bonds. The first-order valence-corrected chi connectivity index (χ1v) is 9.71. The van der Waals surface area contributed by atoms with Gasteiger partial charge >= 0.3 is 5.69 Å². The minimum atomic E-state index is -0.502. The number of hydrogen-bond donors (Lipinski definition) is 1. The highest BCUT2D eigenvalue weighted by Gasteiger charge is 2.26. The number of rotatable bonds is 2. The van der Waals surface area contributed by atoms with Gasteiger partial charge in [0.25, 0.3) is 11.5 Å². The summed E-state index contributed by atoms with van der Waals surface area (Å²) in [6, 6.07) is 4.85. The van der Waals surface area contributed by atoms with Crippen LogP contribution in [0.4, 0.5) is 5.82 Å². The van der Waals surface area contributed by atoms with Gasteiger partial charge < -0.3 is 5.32 Å². The van der Waals surface area contributed by atoms with Gasteiger partial charge in [0.2, 0.25) is 0 Å². The van der Waals surface area contributed by atoms with Crippen molar-refractivity contribution in [1.82, 2.24) is 23.9 Å². The van der Waals surface area contributed by atoms with Crippen molar-refractivity contribution in [2.75, 3.05) is 5.32 Å². The zero-order valence-corrected chi connectivity index (χ0v) is 18.7. The molecule has 3 aromatic heterocycles. The fourth-order valence-electron chi connectivity index (χ4n) is 3.11. The van der Waals surface area contributed by atoms with Crippen LogP contribution in [0.5, 0.6) is 0 Å². The molecule has 0 radical (unpaired) electrons. The van der Waals surface area contributed by atoms with Gasteiger partial charge in [-0.3, -0.25) is 18.7 Å². The van der Waals surface area contributed by atoms with Crippen LogP contribution in [-0.4, -0.2) is 29.8 Å². The Hall–Kier alpha value is -3.23. The molecule has 0 aliphatic carbocycles. The van der Waals surface area contributed by atoms with Crippen LogP contribution in [0.1, 0.15) is 57.7 Å². The van der Waals surface area contributed by atoms with Crippen molar-refractivity contribution >= 4 is 22.8 Å². The maximum Gasteiger partial charge on any atom is 0.332 e. The van der Waals surface area contributed by atoms with E-state index in [-0.39, 0.29) is 27.7 Å². The minimum absolute atomic E-state index is 0.102. The van der Waals surface area contributed by atoms with Crippen molar-refractivity contribution < 1.29 is 4.79 Å². The number of hydrogen-bond acceptors (Lipinski definition) is 5. The number of amides is 1. The highest BCUT2D eigenvalue weighted by atomic mass is 16.2. The summed E-state index contributed by atoms with van der Waals surface area (Å²) in [4.78, 5) is 41.8. The predicted molar refractivity (Wildman–Crippen MR) is 116 cm³/mol. The molecule has 1 N–H and O–H groups in total. The number of anilines is 1. The average Bonchev–Trinajstić information content (AvgIpc) is 3.08. The fraction of sp³-hybridized carbons (Fsp3) is 0.476. The molecule has 3 aromatic rings. The first-order valence-electron chi connectivity index (χ1n) is 9.71. The second-order valence-electron chi connectivity index (χ2n) is 9.47. The van der Waals surface area contributed by atoms with Gasteiger partial charge in [0.15, 0.2) is 0 Å². The Bertz CT molecular complexity index is 1270. The zero-order chi connectivity index (χ0) is 22.6. The molecule has 0 saturated heterocycles. The van der Waals surface area contributed by atoms with Gasteiger partial charge in [0.1, 0.15) is 17.2 Å². The second-order valence-corrected chi connectivity index (χ2v) is 9.47. The maximum atomic E-state index is 13.0. The highest BCUT2D eigenvalue weighted by molar-refractivity contribution is 6.03. The summed E-state index contributed by atoms with van der Waals surface area (Å²) in [6.07, 6.45) is 0. The topological polar surface area (TPSA) is 104 Å². The van der Waals surface area contributed by atoms with Crippen LogP contribution in [0.15, 0.2) is 27.8 Å². The van der Waals surface area contributed by atoms with E-state index < -0.39 is 17.2 Å². The van der Waals surface area contributed by atoms with E-state index in [1.54, 1.807) is 4.68 Å². The Morgan fingerprint density at radius 2 is 1.63 bits per heavy atom. The number of aryl methyl sites for hydroxylation is 1. The quantitative estimate of drug-likeness (QED) is 0.694. The SMILES string of the molecule is Cn1c(=O)c2ccc(C(=O)Nc3cc(C(C)(C)C)nn3C(C)(C)C)nc2n(C)c1=O. The normalized spacial score (nSPS) is 12.4. The van der Waals surface area contributed by atoms with Crippen LogP contribution in [-0.2, 0) is 25.0 Å². The summed E-state index contributed by atoms with van der Waals surface area (Å²) in [5.41, 5.74) is -0.370. The maximum absolute atomic E-state index is 13.0. The Morgan fingerprint density at radius 1 is 1.00 bits per heavy atom. The molecule has 3 heterocycles. The van der Waals surface area contributed by atoms with E-state index in [4.69, 9.17) is 0 Å². The Balaban J connectivity index is 2.07. The summed E-state index contributed by atoms with van der Waals surface area (Å²) in [7, 11) is 2.92. The molecular weight excluding hydrogens is 384 g/mol. The van der Waals surface area contributed by atoms with Crippen molar-refractivity contribution in [3.63, 3.8) is 0 Å². The molecule has 0 aliphatic rings. The molecule has 9 heteroatoms. The highest BCUT2D eigenvalue weighted by Crippen LogP contribution is 2.28. The van der Waals surface area contributed by atoms with Gasteiger partial charge in [-0.15, -0.1) is 0 Å². The number of nitrogens with zero attached hydrogens (tertiary/aromatic N) is 5. The third-order valence-electron chi connectivity index (χ3n) is 4.89. The number of nitrogens with one attached hydrogen (secondary N) is 1. The van der Waals surface area contributed by atoms with Crippen molar-refractivity contribution in [2.24, 2.45) is 14.1 Å². The van der Waals surface area contributed by atoms with Crippen LogP contribution in [0.2, 0.25) is 0 Å². The second kappa shape index (κ2) is 6.93. The van der Waals surface area contributed by atoms with Gasteiger partial charge in [-0.25, -0.2) is 14.5 Å². The molecule has 9 nitrogen and oxygen atoms in total. The molecule has 0 bridgehead atoms. The summed E-state index contributed by atoms with van der Waals surface area (Å²) in [5, 5.41) is 7.84. The summed E-state index contributed by atoms with van der Waals surface area (Å²) < 4.78 is 4.04. The summed E-state index contributed by atoms with van der Waals surface area (Å²) in [5.74, 6) is 0.105. The van der Waals surface area contributed by atoms with E-state index in [0.717, 1.165) is 10.3 Å². The summed E-state index contributed by atoms with van der Waals surface area (Å²) in [6.45, 7) is 12.2. The number of carbonyl (C=O) groups is 1. The number of pyridine rings is 1. The Kier molecular flexibility index (Phi) is 4.96. The molecule has 0 spiro atoms. The lowest BCUT2D eigenvalue weighted by molar-refractivity contribution is 0.102. The lowest BCUT2D eigenvalue weighted by Crippen LogP contribution is -2.37. The standard InChI is InChI=1S/C21H28N6O3/c1-20(2,3)14-11-15(27(24-14)21(4,5)6)23-17(28)13-10-9-12-16(22-13)25(7)19(30)26(8)18(12)29/h9-11H,1-8H3,(H,23,28). The minimum Gasteiger partial charge on any atom is -0.305 e. The lowest BCUT2D eigenvalue weighted by atomic mass is 9.92. The Morgan fingerprint density at radius 3 is 2.20 bits per heavy atom. The molecular formula is C21H28N6O3. The predicted octanol–water partition coefficient (Wildman–Crippen LogP) is 2.13. The van der Waals surface area contributed by atoms with Gasteiger partial charge in [0.05, 0.1) is 16.6 Å². The van der Waals surface area contributed by atoms with Crippen molar-refractivity contribution in [1.29, 1.82) is 0 Å². The van der Waals surface area contributed by atoms with Crippen LogP contribution in [0, 0.1) is 0 Å². The Labute approximate surface area is 174 Å². The lowest BCUT2D eigenvalue weighted by Gasteiger charge is -2.23. The molecule has 0 aromatic carbocycles. The molecule has 0 atom stereocenters. The first-order chi connectivity index (χ1) is 13.7. The molecule has 160 valence electrons. The van der Waals surface area contributed by atoms with Crippen LogP contribution in [0.3, 0.4) is 0 Å². The van der Waals surface area contributed by atoms with E-state index in [1.165, 1.54) is 30.8 Å². The molecule has 3 rings (SSSR count). The monoisotopic (exact) mass is 412 g/mol. The van der Waals surface area contributed by atoms with E-state index >= 15 is 0 Å². The van der Waals surface area contributed by atoms with Crippen LogP contribution < -0.4 is 16.6 Å². The smallest absolute Gasteiger partial charge is 0.305 e. The molecule has 0 fully saturated rings. The van der Waals surface area contributed by atoms with Crippen molar-refractivity contribution in [3.05, 3.63) is 50.4 Å². The van der Waals surface area contributed by atoms with Gasteiger partial charge in [0, 0.05) is 25.6 Å². The van der Waals surface area contributed by atoms with Crippen LogP contribution in [0.25, 0.3) is 11.0 Å². The largest absolute Gasteiger partial charge is 0.332 e. The van der Waals surface area contributed by atoms with E-state index in [9.17, 15) is 14.4 Å². The third kappa shape index (κ3) is 3.67. The third-order valence-corrected chi connectivity index (χ3v) is 4.89. The molecule has 0 saturated carbocycles. The summed E-state index contributed by atoms with van der Waals surface area (Å²) >= 11 is 0. The molecule has 0 unspecified atom stereocenters. The van der Waals surface area contributed by atoms with Gasteiger partial charge in [-0.1, -0.05) is 20.8 Å². The molecule has 30 heavy (non-hydrogen) atoms. The zero-order valence-electron chi connectivity index (χ0n) is 18.7.